The van der Waals surface area contributed by atoms with E-state index >= 15 is 0 Å². The van der Waals surface area contributed by atoms with Gasteiger partial charge >= 0.3 is 5.97 Å². The van der Waals surface area contributed by atoms with Crippen molar-refractivity contribution in [1.82, 2.24) is 4.98 Å². The van der Waals surface area contributed by atoms with E-state index in [0.717, 1.165) is 11.8 Å². The summed E-state index contributed by atoms with van der Waals surface area (Å²) in [5.74, 6) is -1.35. The van der Waals surface area contributed by atoms with Crippen LogP contribution in [0.3, 0.4) is 0 Å². The molecule has 7 heteroatoms. The predicted octanol–water partition coefficient (Wildman–Crippen LogP) is 1.63. The molecule has 114 valence electrons. The first kappa shape index (κ1) is 15.8. The van der Waals surface area contributed by atoms with E-state index < -0.39 is 11.9 Å². The molecule has 0 aliphatic heterocycles. The Morgan fingerprint density at radius 3 is 2.59 bits per heavy atom. The van der Waals surface area contributed by atoms with E-state index in [1.807, 2.05) is 0 Å². The van der Waals surface area contributed by atoms with Crippen LogP contribution in [0, 0.1) is 0 Å². The lowest BCUT2D eigenvalue weighted by molar-refractivity contribution is -0.115. The summed E-state index contributed by atoms with van der Waals surface area (Å²) < 4.78 is 5.02. The van der Waals surface area contributed by atoms with Crippen LogP contribution in [-0.2, 0) is 9.53 Å². The number of carbonyl (C=O) groups excluding carboxylic acids is 3. The number of rotatable bonds is 7. The van der Waals surface area contributed by atoms with E-state index in [1.165, 1.54) is 0 Å². The molecule has 0 bridgehead atoms. The Labute approximate surface area is 131 Å². The maximum Gasteiger partial charge on any atom is 0.339 e. The van der Waals surface area contributed by atoms with Crippen LogP contribution < -0.4 is 5.73 Å². The number of nitrogens with two attached hydrogens (primary N) is 1. The van der Waals surface area contributed by atoms with E-state index in [1.54, 1.807) is 42.6 Å². The van der Waals surface area contributed by atoms with Crippen molar-refractivity contribution in [1.29, 1.82) is 0 Å². The quantitative estimate of drug-likeness (QED) is 0.459. The van der Waals surface area contributed by atoms with Crippen LogP contribution in [0.2, 0.25) is 0 Å². The van der Waals surface area contributed by atoms with Gasteiger partial charge in [-0.1, -0.05) is 12.1 Å². The molecule has 1 aromatic carbocycles. The minimum absolute atomic E-state index is 0.0612. The lowest BCUT2D eigenvalue weighted by Crippen LogP contribution is -2.16. The summed E-state index contributed by atoms with van der Waals surface area (Å²) in [5.41, 5.74) is 5.77. The number of ether oxygens (including phenoxy) is 1. The Morgan fingerprint density at radius 1 is 1.14 bits per heavy atom. The molecular weight excluding hydrogens is 304 g/mol. The first-order valence-electron chi connectivity index (χ1n) is 6.42. The molecule has 1 amide bonds. The second-order valence-corrected chi connectivity index (χ2v) is 5.35. The van der Waals surface area contributed by atoms with Crippen molar-refractivity contribution in [3.63, 3.8) is 0 Å². The van der Waals surface area contributed by atoms with Crippen LogP contribution >= 0.6 is 11.8 Å². The second-order valence-electron chi connectivity index (χ2n) is 4.33. The van der Waals surface area contributed by atoms with E-state index in [4.69, 9.17) is 10.5 Å². The van der Waals surface area contributed by atoms with Crippen molar-refractivity contribution < 1.29 is 19.1 Å². The van der Waals surface area contributed by atoms with Crippen LogP contribution in [0.5, 0.6) is 0 Å². The zero-order valence-electron chi connectivity index (χ0n) is 11.6. The van der Waals surface area contributed by atoms with Gasteiger partial charge in [-0.3, -0.25) is 9.59 Å². The number of hydrogen-bond acceptors (Lipinski definition) is 5. The molecule has 3 N–H and O–H groups in total. The minimum Gasteiger partial charge on any atom is -0.454 e. The first-order chi connectivity index (χ1) is 10.6. The number of amides is 1. The number of esters is 1. The van der Waals surface area contributed by atoms with Crippen LogP contribution in [-0.4, -0.2) is 35.0 Å². The Balaban J connectivity index is 2.00. The number of nitrogens with one attached hydrogen (secondary N) is 1. The molecule has 22 heavy (non-hydrogen) atoms. The maximum atomic E-state index is 12.1. The molecule has 0 aliphatic carbocycles. The number of aromatic amines is 1. The normalized spacial score (nSPS) is 10.2. The topological polar surface area (TPSA) is 102 Å². The van der Waals surface area contributed by atoms with Gasteiger partial charge in [0.25, 0.3) is 0 Å². The highest BCUT2D eigenvalue weighted by molar-refractivity contribution is 8.00. The molecule has 0 spiro atoms. The molecule has 6 nitrogen and oxygen atoms in total. The molecular formula is C15H14N2O4S. The first-order valence-corrected chi connectivity index (χ1v) is 7.40. The van der Waals surface area contributed by atoms with Crippen LogP contribution in [0.15, 0.2) is 47.5 Å². The zero-order valence-corrected chi connectivity index (χ0v) is 12.4. The third-order valence-electron chi connectivity index (χ3n) is 2.71. The van der Waals surface area contributed by atoms with Gasteiger partial charge in [-0.05, 0) is 24.3 Å². The molecule has 0 aliphatic rings. The minimum atomic E-state index is -0.618. The van der Waals surface area contributed by atoms with E-state index in [9.17, 15) is 14.4 Å². The number of ketones is 1. The maximum absolute atomic E-state index is 12.1. The number of aromatic nitrogens is 1. The highest BCUT2D eigenvalue weighted by atomic mass is 32.2. The van der Waals surface area contributed by atoms with Crippen LogP contribution in [0.1, 0.15) is 20.8 Å². The van der Waals surface area contributed by atoms with Gasteiger partial charge in [0.2, 0.25) is 11.7 Å². The number of H-pyrrole nitrogens is 1. The van der Waals surface area contributed by atoms with Crippen molar-refractivity contribution in [2.24, 2.45) is 5.73 Å². The summed E-state index contributed by atoms with van der Waals surface area (Å²) in [5, 5.41) is 0. The Hall–Kier alpha value is -2.54. The van der Waals surface area contributed by atoms with Gasteiger partial charge in [0.15, 0.2) is 6.61 Å². The lowest BCUT2D eigenvalue weighted by atomic mass is 10.2. The number of thioether (sulfide) groups is 1. The summed E-state index contributed by atoms with van der Waals surface area (Å²) >= 11 is 1.15. The lowest BCUT2D eigenvalue weighted by Gasteiger charge is -2.08. The van der Waals surface area contributed by atoms with Gasteiger partial charge in [-0.15, -0.1) is 11.8 Å². The fourth-order valence-electron chi connectivity index (χ4n) is 1.70. The van der Waals surface area contributed by atoms with Crippen molar-refractivity contribution in [2.75, 3.05) is 12.4 Å². The summed E-state index contributed by atoms with van der Waals surface area (Å²) in [4.78, 5) is 38.0. The molecule has 0 saturated heterocycles. The number of carbonyl (C=O) groups is 3. The smallest absolute Gasteiger partial charge is 0.339 e. The molecule has 0 fully saturated rings. The fraction of sp³-hybridized carbons (Fsp3) is 0.133. The zero-order chi connectivity index (χ0) is 15.9. The number of benzene rings is 1. The fourth-order valence-corrected chi connectivity index (χ4v) is 2.48. The molecule has 1 heterocycles. The molecule has 0 radical (unpaired) electrons. The van der Waals surface area contributed by atoms with E-state index in [2.05, 4.69) is 4.98 Å². The average molecular weight is 318 g/mol. The second kappa shape index (κ2) is 7.46. The summed E-state index contributed by atoms with van der Waals surface area (Å²) in [6.07, 6.45) is 1.62. The molecule has 1 aromatic heterocycles. The monoisotopic (exact) mass is 318 g/mol. The third kappa shape index (κ3) is 4.23. The van der Waals surface area contributed by atoms with Crippen LogP contribution in [0.25, 0.3) is 0 Å². The average Bonchev–Trinajstić information content (AvgIpc) is 3.05. The largest absolute Gasteiger partial charge is 0.454 e. The molecule has 2 aromatic rings. The van der Waals surface area contributed by atoms with Gasteiger partial charge < -0.3 is 15.5 Å². The molecule has 0 unspecified atom stereocenters. The Bertz CT molecular complexity index is 683. The highest BCUT2D eigenvalue weighted by Crippen LogP contribution is 2.23. The van der Waals surface area contributed by atoms with Crippen molar-refractivity contribution in [2.45, 2.75) is 4.90 Å². The van der Waals surface area contributed by atoms with Gasteiger partial charge in [0.05, 0.1) is 17.0 Å². The number of primary amides is 1. The van der Waals surface area contributed by atoms with Crippen LogP contribution in [0.4, 0.5) is 0 Å². The Kier molecular flexibility index (Phi) is 5.37. The molecule has 0 saturated carbocycles. The van der Waals surface area contributed by atoms with Crippen molar-refractivity contribution in [3.05, 3.63) is 53.9 Å². The number of Topliss-reactive ketones (excluding diaryl/α,β-unsaturated/α-hetero) is 1. The number of hydrogen-bond donors (Lipinski definition) is 2. The SMILES string of the molecule is NC(=O)CSc1ccccc1C(=O)OCC(=O)c1ccc[nH]1. The van der Waals surface area contributed by atoms with Gasteiger partial charge in [0, 0.05) is 11.1 Å². The predicted molar refractivity (Wildman–Crippen MR) is 81.8 cm³/mol. The van der Waals surface area contributed by atoms with Gasteiger partial charge in [0.1, 0.15) is 0 Å². The van der Waals surface area contributed by atoms with Gasteiger partial charge in [-0.25, -0.2) is 4.79 Å². The highest BCUT2D eigenvalue weighted by Gasteiger charge is 2.16. The standard InChI is InChI=1S/C15H14N2O4S/c16-14(19)9-22-13-6-2-1-4-10(13)15(20)21-8-12(18)11-5-3-7-17-11/h1-7,17H,8-9H2,(H2,16,19). The molecule has 0 atom stereocenters. The summed E-state index contributed by atoms with van der Waals surface area (Å²) in [7, 11) is 0. The Morgan fingerprint density at radius 2 is 1.91 bits per heavy atom. The van der Waals surface area contributed by atoms with Crippen molar-refractivity contribution >= 4 is 29.4 Å². The van der Waals surface area contributed by atoms with Gasteiger partial charge in [-0.2, -0.15) is 0 Å². The summed E-state index contributed by atoms with van der Waals surface area (Å²) in [6.45, 7) is -0.353. The van der Waals surface area contributed by atoms with Crippen molar-refractivity contribution in [3.8, 4) is 0 Å². The summed E-state index contributed by atoms with van der Waals surface area (Å²) in [6, 6.07) is 9.97. The third-order valence-corrected chi connectivity index (χ3v) is 3.81. The van der Waals surface area contributed by atoms with E-state index in [-0.39, 0.29) is 18.1 Å². The molecule has 2 rings (SSSR count). The van der Waals surface area contributed by atoms with E-state index in [0.29, 0.717) is 16.2 Å².